The molecule has 0 aromatic heterocycles. The van der Waals surface area contributed by atoms with Crippen molar-refractivity contribution in [2.24, 2.45) is 0 Å². The van der Waals surface area contributed by atoms with Gasteiger partial charge in [0.15, 0.2) is 13.1 Å². The SMILES string of the molecule is CCNC(=O)C[NH+](CC)CC(=O)Nc1ccc([N+](=O)[O-])cc1OC. The molecule has 0 saturated heterocycles. The fourth-order valence-electron chi connectivity index (χ4n) is 2.12. The summed E-state index contributed by atoms with van der Waals surface area (Å²) in [4.78, 5) is 34.8. The molecule has 0 saturated carbocycles. The van der Waals surface area contributed by atoms with Gasteiger partial charge in [-0.2, -0.15) is 0 Å². The predicted molar refractivity (Wildman–Crippen MR) is 88.2 cm³/mol. The Morgan fingerprint density at radius 3 is 2.46 bits per heavy atom. The fourth-order valence-corrected chi connectivity index (χ4v) is 2.12. The lowest BCUT2D eigenvalue weighted by atomic mass is 10.2. The summed E-state index contributed by atoms with van der Waals surface area (Å²) in [7, 11) is 1.37. The lowest BCUT2D eigenvalue weighted by Crippen LogP contribution is -3.14. The van der Waals surface area contributed by atoms with Gasteiger partial charge in [-0.05, 0) is 19.9 Å². The lowest BCUT2D eigenvalue weighted by molar-refractivity contribution is -0.881. The molecule has 3 N–H and O–H groups in total. The van der Waals surface area contributed by atoms with E-state index in [0.29, 0.717) is 18.8 Å². The number of quaternary nitrogens is 1. The third kappa shape index (κ3) is 5.84. The number of ether oxygens (including phenoxy) is 1. The number of likely N-dealkylation sites (N-methyl/N-ethyl adjacent to an activating group) is 2. The molecule has 0 fully saturated rings. The van der Waals surface area contributed by atoms with Gasteiger partial charge in [0, 0.05) is 12.6 Å². The van der Waals surface area contributed by atoms with E-state index in [1.54, 1.807) is 0 Å². The van der Waals surface area contributed by atoms with Crippen molar-refractivity contribution in [2.45, 2.75) is 13.8 Å². The summed E-state index contributed by atoms with van der Waals surface area (Å²) < 4.78 is 5.07. The number of nitrogens with one attached hydrogen (secondary N) is 3. The lowest BCUT2D eigenvalue weighted by Gasteiger charge is -2.17. The molecular formula is C15H23N4O5+. The first-order valence-electron chi connectivity index (χ1n) is 7.63. The summed E-state index contributed by atoms with van der Waals surface area (Å²) in [6.07, 6.45) is 0. The molecule has 1 unspecified atom stereocenters. The summed E-state index contributed by atoms with van der Waals surface area (Å²) in [5, 5.41) is 16.1. The zero-order chi connectivity index (χ0) is 18.1. The van der Waals surface area contributed by atoms with Crippen LogP contribution >= 0.6 is 0 Å². The van der Waals surface area contributed by atoms with Crippen LogP contribution < -0.4 is 20.3 Å². The second-order valence-electron chi connectivity index (χ2n) is 5.10. The molecule has 24 heavy (non-hydrogen) atoms. The summed E-state index contributed by atoms with van der Waals surface area (Å²) >= 11 is 0. The van der Waals surface area contributed by atoms with Gasteiger partial charge in [0.05, 0.1) is 30.3 Å². The maximum Gasteiger partial charge on any atom is 0.279 e. The van der Waals surface area contributed by atoms with Crippen molar-refractivity contribution in [3.05, 3.63) is 28.3 Å². The molecule has 0 heterocycles. The highest BCUT2D eigenvalue weighted by Crippen LogP contribution is 2.28. The molecule has 1 aromatic rings. The Morgan fingerprint density at radius 2 is 1.92 bits per heavy atom. The Hall–Kier alpha value is -2.68. The van der Waals surface area contributed by atoms with Crippen LogP contribution in [0.25, 0.3) is 0 Å². The molecule has 9 nitrogen and oxygen atoms in total. The quantitative estimate of drug-likeness (QED) is 0.418. The molecule has 0 aliphatic carbocycles. The number of nitrogens with zero attached hydrogens (tertiary/aromatic N) is 1. The van der Waals surface area contributed by atoms with Crippen molar-refractivity contribution in [1.29, 1.82) is 0 Å². The van der Waals surface area contributed by atoms with Crippen LogP contribution in [0.1, 0.15) is 13.8 Å². The number of hydrogen-bond donors (Lipinski definition) is 3. The van der Waals surface area contributed by atoms with Gasteiger partial charge >= 0.3 is 0 Å². The first kappa shape index (κ1) is 19.4. The number of carbonyl (C=O) groups is 2. The van der Waals surface area contributed by atoms with Crippen molar-refractivity contribution in [2.75, 3.05) is 38.6 Å². The summed E-state index contributed by atoms with van der Waals surface area (Å²) in [6, 6.07) is 3.95. The monoisotopic (exact) mass is 339 g/mol. The number of benzene rings is 1. The van der Waals surface area contributed by atoms with Gasteiger partial charge in [-0.15, -0.1) is 0 Å². The number of amides is 2. The Bertz CT molecular complexity index is 606. The number of hydrogen-bond acceptors (Lipinski definition) is 5. The average Bonchev–Trinajstić information content (AvgIpc) is 2.54. The van der Waals surface area contributed by atoms with Gasteiger partial charge in [0.2, 0.25) is 0 Å². The molecule has 0 aliphatic heterocycles. The predicted octanol–water partition coefficient (Wildman–Crippen LogP) is -0.417. The van der Waals surface area contributed by atoms with Gasteiger partial charge in [-0.25, -0.2) is 0 Å². The Morgan fingerprint density at radius 1 is 1.25 bits per heavy atom. The minimum atomic E-state index is -0.538. The third-order valence-corrected chi connectivity index (χ3v) is 3.37. The maximum atomic E-state index is 12.2. The van der Waals surface area contributed by atoms with Gasteiger partial charge < -0.3 is 20.3 Å². The zero-order valence-corrected chi connectivity index (χ0v) is 14.0. The number of non-ortho nitro benzene ring substituents is 1. The highest BCUT2D eigenvalue weighted by molar-refractivity contribution is 5.93. The average molecular weight is 339 g/mol. The van der Waals surface area contributed by atoms with E-state index in [2.05, 4.69) is 10.6 Å². The van der Waals surface area contributed by atoms with Crippen molar-refractivity contribution in [1.82, 2.24) is 5.32 Å². The summed E-state index contributed by atoms with van der Waals surface area (Å²) in [5.41, 5.74) is 0.225. The molecule has 2 amide bonds. The number of nitro groups is 1. The second-order valence-corrected chi connectivity index (χ2v) is 5.10. The molecule has 0 bridgehead atoms. The van der Waals surface area contributed by atoms with Crippen LogP contribution in [0.2, 0.25) is 0 Å². The molecule has 132 valence electrons. The normalized spacial score (nSPS) is 11.5. The molecule has 1 aromatic carbocycles. The van der Waals surface area contributed by atoms with E-state index in [-0.39, 0.29) is 36.3 Å². The van der Waals surface area contributed by atoms with E-state index in [0.717, 1.165) is 4.90 Å². The summed E-state index contributed by atoms with van der Waals surface area (Å²) in [5.74, 6) is -0.210. The number of nitro benzene ring substituents is 1. The molecular weight excluding hydrogens is 316 g/mol. The first-order valence-corrected chi connectivity index (χ1v) is 7.63. The van der Waals surface area contributed by atoms with Crippen LogP contribution in [-0.4, -0.2) is 50.0 Å². The minimum Gasteiger partial charge on any atom is -0.494 e. The van der Waals surface area contributed by atoms with Crippen LogP contribution in [0.15, 0.2) is 18.2 Å². The largest absolute Gasteiger partial charge is 0.494 e. The van der Waals surface area contributed by atoms with Crippen LogP contribution in [0, 0.1) is 10.1 Å². The molecule has 0 aliphatic rings. The molecule has 0 radical (unpaired) electrons. The van der Waals surface area contributed by atoms with E-state index < -0.39 is 4.92 Å². The maximum absolute atomic E-state index is 12.2. The van der Waals surface area contributed by atoms with E-state index in [9.17, 15) is 19.7 Å². The van der Waals surface area contributed by atoms with E-state index in [4.69, 9.17) is 4.74 Å². The second kappa shape index (κ2) is 9.46. The third-order valence-electron chi connectivity index (χ3n) is 3.37. The minimum absolute atomic E-state index is 0.105. The smallest absolute Gasteiger partial charge is 0.279 e. The van der Waals surface area contributed by atoms with Crippen molar-refractivity contribution in [3.8, 4) is 5.75 Å². The number of rotatable bonds is 9. The zero-order valence-electron chi connectivity index (χ0n) is 14.0. The Balaban J connectivity index is 2.72. The number of carbonyl (C=O) groups excluding carboxylic acids is 2. The van der Waals surface area contributed by atoms with Crippen molar-refractivity contribution < 1.29 is 24.1 Å². The van der Waals surface area contributed by atoms with Crippen LogP contribution in [-0.2, 0) is 9.59 Å². The van der Waals surface area contributed by atoms with Gasteiger partial charge in [0.25, 0.3) is 17.5 Å². The number of anilines is 1. The first-order chi connectivity index (χ1) is 11.4. The van der Waals surface area contributed by atoms with E-state index >= 15 is 0 Å². The summed E-state index contributed by atoms with van der Waals surface area (Å²) in [6.45, 7) is 5.18. The van der Waals surface area contributed by atoms with Crippen molar-refractivity contribution >= 4 is 23.2 Å². The standard InChI is InChI=1S/C15H22N4O5/c1-4-16-14(20)9-18(5-2)10-15(21)17-12-7-6-11(19(22)23)8-13(12)24-3/h6-8H,4-5,9-10H2,1-3H3,(H,16,20)(H,17,21)/p+1. The molecule has 9 heteroatoms. The van der Waals surface area contributed by atoms with Crippen LogP contribution in [0.4, 0.5) is 11.4 Å². The fraction of sp³-hybridized carbons (Fsp3) is 0.467. The van der Waals surface area contributed by atoms with Gasteiger partial charge in [-0.3, -0.25) is 19.7 Å². The number of methoxy groups -OCH3 is 1. The van der Waals surface area contributed by atoms with Crippen molar-refractivity contribution in [3.63, 3.8) is 0 Å². The topological polar surface area (TPSA) is 115 Å². The van der Waals surface area contributed by atoms with Crippen LogP contribution in [0.5, 0.6) is 5.75 Å². The highest BCUT2D eigenvalue weighted by Gasteiger charge is 2.18. The Labute approximate surface area is 140 Å². The molecule has 1 rings (SSSR count). The van der Waals surface area contributed by atoms with E-state index in [1.165, 1.54) is 25.3 Å². The Kier molecular flexibility index (Phi) is 7.63. The van der Waals surface area contributed by atoms with Gasteiger partial charge in [-0.1, -0.05) is 0 Å². The molecule has 1 atom stereocenters. The highest BCUT2D eigenvalue weighted by atomic mass is 16.6. The molecule has 0 spiro atoms. The van der Waals surface area contributed by atoms with Crippen LogP contribution in [0.3, 0.4) is 0 Å². The van der Waals surface area contributed by atoms with Gasteiger partial charge in [0.1, 0.15) is 5.75 Å². The van der Waals surface area contributed by atoms with E-state index in [1.807, 2.05) is 13.8 Å².